The smallest absolute Gasteiger partial charge is 0.119 e. The van der Waals surface area contributed by atoms with Gasteiger partial charge in [0.1, 0.15) is 11.5 Å². The predicted molar refractivity (Wildman–Crippen MR) is 340 cm³/mol. The standard InChI is InChI=1S/C69H57N2O2.C9H9.ClH.Pd/c1-72-58-45-60(64(50-27-11-3-12-28-50)51-29-13-4-14-30-51)68(61(46-58)65(52-31-15-5-16-32-52)53-33-17-6-18-34-53)70-43-44-71(49-70)69-62(66(54-35-19-7-20-36-54)55-37-21-8-22-38-55)47-59(73-2)48-63(69)67(56-39-23-9-24-40-56)57-41-25-10-26-42-57;1-2-6-9-7-4-3-5-8-9;;/h3-49,64-67H,1-2H3;2-8H,1H2;1H;/q2*-1;;/p-1. The minimum atomic E-state index is -0.150. The Labute approximate surface area is 517 Å². The fourth-order valence-corrected chi connectivity index (χ4v) is 11.7. The Hall–Kier alpha value is -9.08. The van der Waals surface area contributed by atoms with Crippen LogP contribution in [0.25, 0.3) is 0 Å². The van der Waals surface area contributed by atoms with Gasteiger partial charge in [-0.05, 0) is 103 Å². The van der Waals surface area contributed by atoms with Gasteiger partial charge >= 0.3 is 0 Å². The van der Waals surface area contributed by atoms with Crippen LogP contribution in [0.1, 0.15) is 96.0 Å². The van der Waals surface area contributed by atoms with Gasteiger partial charge in [-0.1, -0.05) is 249 Å². The molecule has 11 aromatic rings. The minimum absolute atomic E-state index is 0. The summed E-state index contributed by atoms with van der Waals surface area (Å²) >= 11 is 0. The molecule has 0 bridgehead atoms. The Morgan fingerprint density at radius 2 is 0.548 bits per heavy atom. The fourth-order valence-electron chi connectivity index (χ4n) is 11.7. The van der Waals surface area contributed by atoms with Crippen molar-refractivity contribution in [1.29, 1.82) is 0 Å². The van der Waals surface area contributed by atoms with E-state index in [-0.39, 0.29) is 56.5 Å². The summed E-state index contributed by atoms with van der Waals surface area (Å²) in [6.07, 6.45) is 8.24. The van der Waals surface area contributed by atoms with Crippen LogP contribution >= 0.6 is 0 Å². The third-order valence-electron chi connectivity index (χ3n) is 15.3. The molecule has 0 aliphatic carbocycles. The fraction of sp³-hybridized carbons (Fsp3) is 0.0769. The largest absolute Gasteiger partial charge is 1.00 e. The number of hydrogen-bond acceptors (Lipinski definition) is 4. The average Bonchev–Trinajstić information content (AvgIpc) is 2.20. The van der Waals surface area contributed by atoms with Crippen molar-refractivity contribution in [3.63, 3.8) is 0 Å². The number of anilines is 2. The van der Waals surface area contributed by atoms with Gasteiger partial charge < -0.3 is 31.7 Å². The summed E-state index contributed by atoms with van der Waals surface area (Å²) in [5, 5.41) is 0. The first-order valence-corrected chi connectivity index (χ1v) is 28.0. The summed E-state index contributed by atoms with van der Waals surface area (Å²) in [5.74, 6) is 0.990. The summed E-state index contributed by atoms with van der Waals surface area (Å²) in [5.41, 5.74) is 17.4. The third-order valence-corrected chi connectivity index (χ3v) is 15.3. The second kappa shape index (κ2) is 29.3. The van der Waals surface area contributed by atoms with Gasteiger partial charge in [-0.3, -0.25) is 0 Å². The molecule has 0 atom stereocenters. The molecule has 0 spiro atoms. The molecular weight excluding hydrogens is 1140 g/mol. The zero-order valence-corrected chi connectivity index (χ0v) is 49.4. The molecule has 11 aromatic carbocycles. The molecule has 0 amide bonds. The number of benzene rings is 11. The van der Waals surface area contributed by atoms with Crippen molar-refractivity contribution in [2.24, 2.45) is 0 Å². The van der Waals surface area contributed by atoms with Gasteiger partial charge in [0.2, 0.25) is 0 Å². The van der Waals surface area contributed by atoms with Crippen LogP contribution in [0.5, 0.6) is 11.5 Å². The van der Waals surface area contributed by atoms with Crippen LogP contribution in [0.4, 0.5) is 11.4 Å². The molecular formula is C78H66ClN2O2Pd-3. The average molecular weight is 1210 g/mol. The van der Waals surface area contributed by atoms with E-state index < -0.39 is 0 Å². The number of nitrogens with zero attached hydrogens (tertiary/aromatic N) is 2. The van der Waals surface area contributed by atoms with Crippen LogP contribution in [0.2, 0.25) is 0 Å². The van der Waals surface area contributed by atoms with E-state index in [0.29, 0.717) is 0 Å². The maximum Gasteiger partial charge on any atom is 0.119 e. The Bertz CT molecular complexity index is 3210. The van der Waals surface area contributed by atoms with Gasteiger partial charge in [-0.2, -0.15) is 12.7 Å². The number of methoxy groups -OCH3 is 2. The molecule has 420 valence electrons. The zero-order valence-electron chi connectivity index (χ0n) is 47.1. The van der Waals surface area contributed by atoms with Crippen molar-refractivity contribution < 1.29 is 42.3 Å². The van der Waals surface area contributed by atoms with E-state index in [9.17, 15) is 0 Å². The van der Waals surface area contributed by atoms with Gasteiger partial charge in [0.05, 0.1) is 14.2 Å². The topological polar surface area (TPSA) is 24.9 Å². The van der Waals surface area contributed by atoms with E-state index in [4.69, 9.17) is 9.47 Å². The van der Waals surface area contributed by atoms with Gasteiger partial charge in [-0.25, -0.2) is 0 Å². The summed E-state index contributed by atoms with van der Waals surface area (Å²) in [6, 6.07) is 106. The van der Waals surface area contributed by atoms with Crippen LogP contribution in [0.3, 0.4) is 0 Å². The summed E-state index contributed by atoms with van der Waals surface area (Å²) in [7, 11) is 3.57. The van der Waals surface area contributed by atoms with Crippen molar-refractivity contribution in [3.8, 4) is 11.5 Å². The van der Waals surface area contributed by atoms with Gasteiger partial charge in [0.15, 0.2) is 0 Å². The van der Waals surface area contributed by atoms with Gasteiger partial charge in [0, 0.05) is 55.5 Å². The van der Waals surface area contributed by atoms with E-state index >= 15 is 0 Å². The molecule has 1 aliphatic heterocycles. The second-order valence-electron chi connectivity index (χ2n) is 20.4. The number of rotatable bonds is 18. The number of allylic oxidation sites excluding steroid dienone is 1. The van der Waals surface area contributed by atoms with Gasteiger partial charge in [0.25, 0.3) is 0 Å². The van der Waals surface area contributed by atoms with Crippen molar-refractivity contribution >= 4 is 11.4 Å². The summed E-state index contributed by atoms with van der Waals surface area (Å²) in [6.45, 7) is 5.90. The normalized spacial score (nSPS) is 11.6. The Morgan fingerprint density at radius 1 is 0.345 bits per heavy atom. The monoisotopic (exact) mass is 1200 g/mol. The third kappa shape index (κ3) is 13.5. The number of ether oxygens (including phenoxy) is 2. The first kappa shape index (κ1) is 59.5. The van der Waals surface area contributed by atoms with Crippen LogP contribution in [0.15, 0.2) is 322 Å². The zero-order chi connectivity index (χ0) is 55.9. The molecule has 1 aliphatic rings. The predicted octanol–water partition coefficient (Wildman–Crippen LogP) is 15.8. The van der Waals surface area contributed by atoms with E-state index in [0.717, 1.165) is 45.1 Å². The molecule has 84 heavy (non-hydrogen) atoms. The van der Waals surface area contributed by atoms with E-state index in [1.807, 2.05) is 36.8 Å². The summed E-state index contributed by atoms with van der Waals surface area (Å²) < 4.78 is 12.7. The van der Waals surface area contributed by atoms with E-state index in [1.54, 1.807) is 20.3 Å². The van der Waals surface area contributed by atoms with Crippen LogP contribution in [0, 0.1) is 13.1 Å². The Balaban J connectivity index is 0.000000705. The minimum Gasteiger partial charge on any atom is -1.00 e. The molecule has 0 saturated heterocycles. The number of hydrogen-bond donors (Lipinski definition) is 0. The Kier molecular flexibility index (Phi) is 20.7. The molecule has 1 heterocycles. The molecule has 0 radical (unpaired) electrons. The Morgan fingerprint density at radius 3 is 0.738 bits per heavy atom. The van der Waals surface area contributed by atoms with Crippen molar-refractivity contribution in [2.45, 2.75) is 23.7 Å². The second-order valence-corrected chi connectivity index (χ2v) is 20.4. The molecule has 0 saturated carbocycles. The SMILES string of the molecule is C=C[CH-]c1ccccc1.COc1cc(C(c2ccccc2)c2ccccc2)c(N2C=CN(c3c(C(c4ccccc4)c4ccccc4)cc(OC)cc3C(c3ccccc3)c3ccccc3)[CH-]2)c(C(c2ccccc2)c2ccccc2)c1.[Cl-].[Pd]. The molecule has 0 fully saturated rings. The van der Waals surface area contributed by atoms with E-state index in [2.05, 4.69) is 302 Å². The van der Waals surface area contributed by atoms with E-state index in [1.165, 1.54) is 50.1 Å². The van der Waals surface area contributed by atoms with Crippen LogP contribution in [-0.4, -0.2) is 14.2 Å². The first-order chi connectivity index (χ1) is 40.6. The first-order valence-electron chi connectivity index (χ1n) is 28.0. The van der Waals surface area contributed by atoms with Crippen molar-refractivity contribution in [3.05, 3.63) is 408 Å². The molecule has 6 heteroatoms. The quantitative estimate of drug-likeness (QED) is 0.0486. The van der Waals surface area contributed by atoms with Crippen molar-refractivity contribution in [1.82, 2.24) is 0 Å². The molecule has 12 rings (SSSR count). The maximum absolute atomic E-state index is 6.35. The maximum atomic E-state index is 6.35. The molecule has 0 unspecified atom stereocenters. The number of halogens is 1. The van der Waals surface area contributed by atoms with Gasteiger partial charge in [-0.15, -0.1) is 42.9 Å². The molecule has 0 N–H and O–H groups in total. The van der Waals surface area contributed by atoms with Crippen molar-refractivity contribution in [2.75, 3.05) is 24.0 Å². The van der Waals surface area contributed by atoms with Crippen LogP contribution < -0.4 is 31.7 Å². The van der Waals surface area contributed by atoms with Crippen LogP contribution in [-0.2, 0) is 20.4 Å². The summed E-state index contributed by atoms with van der Waals surface area (Å²) in [4.78, 5) is 4.72. The molecule has 4 nitrogen and oxygen atoms in total. The molecule has 0 aromatic heterocycles.